The molecule has 1 rings (SSSR count). The topological polar surface area (TPSA) is 77.5 Å². The lowest BCUT2D eigenvalue weighted by Gasteiger charge is -2.19. The van der Waals surface area contributed by atoms with E-state index in [2.05, 4.69) is 15.0 Å². The third-order valence-electron chi connectivity index (χ3n) is 2.14. The first kappa shape index (κ1) is 16.2. The van der Waals surface area contributed by atoms with E-state index < -0.39 is 17.7 Å². The molecule has 7 heteroatoms. The first-order valence-electron chi connectivity index (χ1n) is 5.93. The standard InChI is InChI=1S/C13H17ClN2O4/c1-13(2,3)20-12(18)15-7-9-8(11(17)19-4)5-6-10(14)16-9/h5-6H,7H2,1-4H3,(H,15,18). The number of pyridine rings is 1. The van der Waals surface area contributed by atoms with E-state index in [4.69, 9.17) is 16.3 Å². The Morgan fingerprint density at radius 3 is 2.55 bits per heavy atom. The van der Waals surface area contributed by atoms with Crippen molar-refractivity contribution in [2.45, 2.75) is 32.9 Å². The highest BCUT2D eigenvalue weighted by atomic mass is 35.5. The van der Waals surface area contributed by atoms with E-state index in [1.54, 1.807) is 20.8 Å². The third-order valence-corrected chi connectivity index (χ3v) is 2.36. The van der Waals surface area contributed by atoms with Crippen LogP contribution in [0.15, 0.2) is 12.1 Å². The Hall–Kier alpha value is -1.82. The number of carbonyl (C=O) groups excluding carboxylic acids is 2. The average Bonchev–Trinajstić information content (AvgIpc) is 2.33. The molecule has 0 saturated carbocycles. The van der Waals surface area contributed by atoms with Gasteiger partial charge >= 0.3 is 12.1 Å². The van der Waals surface area contributed by atoms with Crippen molar-refractivity contribution in [1.29, 1.82) is 0 Å². The van der Waals surface area contributed by atoms with Crippen LogP contribution in [-0.4, -0.2) is 29.8 Å². The lowest BCUT2D eigenvalue weighted by atomic mass is 10.2. The predicted octanol–water partition coefficient (Wildman–Crippen LogP) is 2.55. The van der Waals surface area contributed by atoms with Gasteiger partial charge in [0.1, 0.15) is 10.8 Å². The number of amides is 1. The molecule has 0 bridgehead atoms. The number of aromatic nitrogens is 1. The van der Waals surface area contributed by atoms with Gasteiger partial charge in [0, 0.05) is 0 Å². The Balaban J connectivity index is 2.79. The SMILES string of the molecule is COC(=O)c1ccc(Cl)nc1CNC(=O)OC(C)(C)C. The minimum Gasteiger partial charge on any atom is -0.465 e. The number of ether oxygens (including phenoxy) is 2. The lowest BCUT2D eigenvalue weighted by Crippen LogP contribution is -2.32. The first-order valence-corrected chi connectivity index (χ1v) is 6.31. The van der Waals surface area contributed by atoms with Crippen LogP contribution in [-0.2, 0) is 16.0 Å². The molecule has 0 saturated heterocycles. The minimum atomic E-state index is -0.602. The van der Waals surface area contributed by atoms with Gasteiger partial charge in [-0.2, -0.15) is 0 Å². The molecule has 0 aliphatic rings. The van der Waals surface area contributed by atoms with Gasteiger partial charge in [-0.25, -0.2) is 14.6 Å². The van der Waals surface area contributed by atoms with Gasteiger partial charge in [0.15, 0.2) is 0 Å². The number of rotatable bonds is 3. The number of hydrogen-bond acceptors (Lipinski definition) is 5. The predicted molar refractivity (Wildman–Crippen MR) is 73.7 cm³/mol. The van der Waals surface area contributed by atoms with Gasteiger partial charge in [-0.15, -0.1) is 0 Å². The maximum atomic E-state index is 11.6. The summed E-state index contributed by atoms with van der Waals surface area (Å²) in [6, 6.07) is 2.97. The van der Waals surface area contributed by atoms with Crippen molar-refractivity contribution in [2.24, 2.45) is 0 Å². The van der Waals surface area contributed by atoms with E-state index in [9.17, 15) is 9.59 Å². The van der Waals surface area contributed by atoms with Crippen LogP contribution in [0.5, 0.6) is 0 Å². The molecule has 20 heavy (non-hydrogen) atoms. The zero-order valence-electron chi connectivity index (χ0n) is 11.8. The molecule has 0 spiro atoms. The van der Waals surface area contributed by atoms with Gasteiger partial charge in [0.25, 0.3) is 0 Å². The fraction of sp³-hybridized carbons (Fsp3) is 0.462. The highest BCUT2D eigenvalue weighted by molar-refractivity contribution is 6.29. The van der Waals surface area contributed by atoms with E-state index in [0.717, 1.165) is 0 Å². The summed E-state index contributed by atoms with van der Waals surface area (Å²) in [6.45, 7) is 5.28. The van der Waals surface area contributed by atoms with E-state index in [1.165, 1.54) is 19.2 Å². The van der Waals surface area contributed by atoms with Crippen molar-refractivity contribution >= 4 is 23.7 Å². The second kappa shape index (κ2) is 6.56. The molecule has 0 atom stereocenters. The van der Waals surface area contributed by atoms with Crippen molar-refractivity contribution < 1.29 is 19.1 Å². The molecule has 1 aromatic heterocycles. The highest BCUT2D eigenvalue weighted by Gasteiger charge is 2.18. The minimum absolute atomic E-state index is 0.0138. The highest BCUT2D eigenvalue weighted by Crippen LogP contribution is 2.13. The van der Waals surface area contributed by atoms with Crippen molar-refractivity contribution in [3.8, 4) is 0 Å². The van der Waals surface area contributed by atoms with Crippen LogP contribution in [0, 0.1) is 0 Å². The molecule has 1 N–H and O–H groups in total. The normalized spacial score (nSPS) is 10.8. The van der Waals surface area contributed by atoms with E-state index >= 15 is 0 Å². The number of halogens is 1. The molecule has 1 aromatic rings. The van der Waals surface area contributed by atoms with Crippen molar-refractivity contribution in [3.63, 3.8) is 0 Å². The maximum Gasteiger partial charge on any atom is 0.407 e. The number of hydrogen-bond donors (Lipinski definition) is 1. The second-order valence-corrected chi connectivity index (χ2v) is 5.36. The van der Waals surface area contributed by atoms with Crippen LogP contribution >= 0.6 is 11.6 Å². The summed E-state index contributed by atoms with van der Waals surface area (Å²) in [5.74, 6) is -0.546. The smallest absolute Gasteiger partial charge is 0.407 e. The van der Waals surface area contributed by atoms with Crippen LogP contribution in [0.4, 0.5) is 4.79 Å². The van der Waals surface area contributed by atoms with Gasteiger partial charge in [0.2, 0.25) is 0 Å². The number of carbonyl (C=O) groups is 2. The zero-order valence-corrected chi connectivity index (χ0v) is 12.6. The van der Waals surface area contributed by atoms with Gasteiger partial charge < -0.3 is 14.8 Å². The van der Waals surface area contributed by atoms with Gasteiger partial charge in [0.05, 0.1) is 24.9 Å². The largest absolute Gasteiger partial charge is 0.465 e. The molecular weight excluding hydrogens is 284 g/mol. The molecule has 0 radical (unpaired) electrons. The van der Waals surface area contributed by atoms with Crippen LogP contribution < -0.4 is 5.32 Å². The van der Waals surface area contributed by atoms with E-state index in [1.807, 2.05) is 0 Å². The molecule has 0 aromatic carbocycles. The summed E-state index contributed by atoms with van der Waals surface area (Å²) in [4.78, 5) is 27.1. The molecule has 0 aliphatic carbocycles. The van der Waals surface area contributed by atoms with Crippen LogP contribution in [0.3, 0.4) is 0 Å². The number of nitrogens with one attached hydrogen (secondary N) is 1. The van der Waals surface area contributed by atoms with E-state index in [-0.39, 0.29) is 17.3 Å². The van der Waals surface area contributed by atoms with Gasteiger partial charge in [-0.1, -0.05) is 11.6 Å². The number of alkyl carbamates (subject to hydrolysis) is 1. The monoisotopic (exact) mass is 300 g/mol. The molecule has 0 unspecified atom stereocenters. The maximum absolute atomic E-state index is 11.6. The lowest BCUT2D eigenvalue weighted by molar-refractivity contribution is 0.0517. The quantitative estimate of drug-likeness (QED) is 0.685. The second-order valence-electron chi connectivity index (χ2n) is 4.98. The summed E-state index contributed by atoms with van der Waals surface area (Å²) in [5, 5.41) is 2.73. The van der Waals surface area contributed by atoms with Crippen LogP contribution in [0.25, 0.3) is 0 Å². The molecule has 1 amide bonds. The summed E-state index contributed by atoms with van der Waals surface area (Å²) in [5.41, 5.74) is -0.0417. The summed E-state index contributed by atoms with van der Waals surface area (Å²) < 4.78 is 9.73. The van der Waals surface area contributed by atoms with E-state index in [0.29, 0.717) is 5.69 Å². The first-order chi connectivity index (χ1) is 9.23. The van der Waals surface area contributed by atoms with Crippen molar-refractivity contribution in [1.82, 2.24) is 10.3 Å². The zero-order chi connectivity index (χ0) is 15.3. The van der Waals surface area contributed by atoms with Crippen molar-refractivity contribution in [2.75, 3.05) is 7.11 Å². The molecule has 6 nitrogen and oxygen atoms in total. The Morgan fingerprint density at radius 2 is 2.00 bits per heavy atom. The third kappa shape index (κ3) is 5.05. The number of nitrogens with zero attached hydrogens (tertiary/aromatic N) is 1. The van der Waals surface area contributed by atoms with Gasteiger partial charge in [-0.3, -0.25) is 0 Å². The Bertz CT molecular complexity index is 512. The molecule has 0 aliphatic heterocycles. The molecule has 110 valence electrons. The Labute approximate surface area is 122 Å². The summed E-state index contributed by atoms with van der Waals surface area (Å²) in [7, 11) is 1.27. The van der Waals surface area contributed by atoms with Crippen LogP contribution in [0.2, 0.25) is 5.15 Å². The molecule has 0 fully saturated rings. The van der Waals surface area contributed by atoms with Gasteiger partial charge in [-0.05, 0) is 32.9 Å². The number of esters is 1. The van der Waals surface area contributed by atoms with Crippen molar-refractivity contribution in [3.05, 3.63) is 28.5 Å². The fourth-order valence-corrected chi connectivity index (χ4v) is 1.54. The fourth-order valence-electron chi connectivity index (χ4n) is 1.38. The Kier molecular flexibility index (Phi) is 5.33. The van der Waals surface area contributed by atoms with Crippen LogP contribution in [0.1, 0.15) is 36.8 Å². The average molecular weight is 301 g/mol. The molecule has 1 heterocycles. The summed E-state index contributed by atoms with van der Waals surface area (Å²) >= 11 is 5.78. The number of methoxy groups -OCH3 is 1. The molecular formula is C13H17ClN2O4. The summed E-state index contributed by atoms with van der Waals surface area (Å²) in [6.07, 6.45) is -0.602. The Morgan fingerprint density at radius 1 is 1.35 bits per heavy atom.